The molecule has 1 heterocycles. The highest BCUT2D eigenvalue weighted by Crippen LogP contribution is 2.40. The van der Waals surface area contributed by atoms with Gasteiger partial charge in [-0.15, -0.1) is 23.1 Å². The summed E-state index contributed by atoms with van der Waals surface area (Å²) in [5, 5.41) is 4.80. The van der Waals surface area contributed by atoms with E-state index in [0.717, 1.165) is 51.5 Å². The maximum atomic E-state index is 13.7. The summed E-state index contributed by atoms with van der Waals surface area (Å²) in [7, 11) is 0. The molecule has 0 aliphatic carbocycles. The van der Waals surface area contributed by atoms with Crippen LogP contribution in [0.1, 0.15) is 50.0 Å². The van der Waals surface area contributed by atoms with Crippen molar-refractivity contribution in [3.8, 4) is 11.1 Å². The zero-order chi connectivity index (χ0) is 28.1. The van der Waals surface area contributed by atoms with Crippen LogP contribution in [0.5, 0.6) is 0 Å². The number of alkyl halides is 6. The van der Waals surface area contributed by atoms with Crippen LogP contribution in [0.15, 0.2) is 53.4 Å². The number of hydrogen-bond donors (Lipinski definition) is 2. The number of thioether (sulfide) groups is 1. The summed E-state index contributed by atoms with van der Waals surface area (Å²) in [5.74, 6) is -3.80. The lowest BCUT2D eigenvalue weighted by Crippen LogP contribution is -2.35. The average Bonchev–Trinajstić information content (AvgIpc) is 3.35. The highest BCUT2D eigenvalue weighted by molar-refractivity contribution is 7.99. The maximum Gasteiger partial charge on any atom is 0.416 e. The van der Waals surface area contributed by atoms with Crippen molar-refractivity contribution < 1.29 is 31.1 Å². The molecule has 0 radical (unpaired) electrons. The van der Waals surface area contributed by atoms with Crippen LogP contribution in [0.2, 0.25) is 0 Å². The Hall–Kier alpha value is -2.50. The van der Waals surface area contributed by atoms with E-state index in [-0.39, 0.29) is 5.91 Å². The second kappa shape index (κ2) is 12.6. The fourth-order valence-corrected chi connectivity index (χ4v) is 6.13. The van der Waals surface area contributed by atoms with Crippen molar-refractivity contribution in [1.29, 1.82) is 0 Å². The standard InChI is InChI=1S/C27H28F6N2OS2/c1-4-11-34-24(36)21-9-10-22(38-21)25(35-15-26(29,30)14-28)37-20-12-16(2)23(17(3)13-20)18-5-7-19(8-6-18)27(31,32)33/h5-10,12-13,25,35H,4,11,14-15H2,1-3H3,(H,34,36). The van der Waals surface area contributed by atoms with Crippen molar-refractivity contribution in [2.45, 2.75) is 49.6 Å². The van der Waals surface area contributed by atoms with Crippen LogP contribution in [-0.4, -0.2) is 31.6 Å². The van der Waals surface area contributed by atoms with Crippen molar-refractivity contribution >= 4 is 29.0 Å². The van der Waals surface area contributed by atoms with Crippen LogP contribution in [0.4, 0.5) is 26.3 Å². The van der Waals surface area contributed by atoms with Crippen molar-refractivity contribution in [3.63, 3.8) is 0 Å². The minimum absolute atomic E-state index is 0.256. The number of halogens is 6. The van der Waals surface area contributed by atoms with Gasteiger partial charge in [0.05, 0.1) is 22.4 Å². The third kappa shape index (κ3) is 7.77. The van der Waals surface area contributed by atoms with Crippen LogP contribution < -0.4 is 10.6 Å². The van der Waals surface area contributed by atoms with Crippen molar-refractivity contribution in [2.24, 2.45) is 0 Å². The molecule has 3 nitrogen and oxygen atoms in total. The summed E-state index contributed by atoms with van der Waals surface area (Å²) in [6.45, 7) is 3.39. The van der Waals surface area contributed by atoms with Crippen LogP contribution in [-0.2, 0) is 6.18 Å². The first-order valence-corrected chi connectivity index (χ1v) is 13.5. The van der Waals surface area contributed by atoms with Gasteiger partial charge < -0.3 is 5.32 Å². The molecule has 0 fully saturated rings. The third-order valence-corrected chi connectivity index (χ3v) is 8.11. The molecule has 1 atom stereocenters. The lowest BCUT2D eigenvalue weighted by atomic mass is 9.95. The van der Waals surface area contributed by atoms with Crippen LogP contribution in [0, 0.1) is 13.8 Å². The quantitative estimate of drug-likeness (QED) is 0.138. The average molecular weight is 575 g/mol. The molecule has 3 rings (SSSR count). The number of hydrogen-bond acceptors (Lipinski definition) is 4. The smallest absolute Gasteiger partial charge is 0.351 e. The van der Waals surface area contributed by atoms with E-state index < -0.39 is 36.3 Å². The molecule has 0 aliphatic heterocycles. The lowest BCUT2D eigenvalue weighted by Gasteiger charge is -2.21. The Morgan fingerprint density at radius 2 is 1.63 bits per heavy atom. The van der Waals surface area contributed by atoms with Crippen LogP contribution in [0.25, 0.3) is 11.1 Å². The van der Waals surface area contributed by atoms with Gasteiger partial charge in [-0.2, -0.15) is 13.2 Å². The molecule has 38 heavy (non-hydrogen) atoms. The van der Waals surface area contributed by atoms with E-state index in [2.05, 4.69) is 10.6 Å². The van der Waals surface area contributed by atoms with Crippen LogP contribution in [0.3, 0.4) is 0 Å². The maximum absolute atomic E-state index is 13.7. The number of carbonyl (C=O) groups excluding carboxylic acids is 1. The van der Waals surface area contributed by atoms with E-state index in [4.69, 9.17) is 0 Å². The Balaban J connectivity index is 1.88. The predicted octanol–water partition coefficient (Wildman–Crippen LogP) is 8.18. The molecule has 2 N–H and O–H groups in total. The van der Waals surface area contributed by atoms with E-state index in [1.54, 1.807) is 12.1 Å². The molecule has 11 heteroatoms. The molecule has 0 saturated carbocycles. The zero-order valence-corrected chi connectivity index (χ0v) is 22.7. The molecular weight excluding hydrogens is 546 g/mol. The first kappa shape index (κ1) is 30.0. The molecule has 206 valence electrons. The Morgan fingerprint density at radius 3 is 2.18 bits per heavy atom. The van der Waals surface area contributed by atoms with E-state index in [1.165, 1.54) is 23.9 Å². The third-order valence-electron chi connectivity index (χ3n) is 5.65. The molecule has 0 aliphatic rings. The van der Waals surface area contributed by atoms with Gasteiger partial charge in [-0.05, 0) is 78.9 Å². The van der Waals surface area contributed by atoms with E-state index in [9.17, 15) is 31.1 Å². The first-order chi connectivity index (χ1) is 17.8. The second-order valence-corrected chi connectivity index (χ2v) is 11.1. The fourth-order valence-electron chi connectivity index (χ4n) is 3.84. The minimum Gasteiger partial charge on any atom is -0.351 e. The molecule has 0 spiro atoms. The molecular formula is C27H28F6N2OS2. The summed E-state index contributed by atoms with van der Waals surface area (Å²) in [6, 6.07) is 11.9. The number of aryl methyl sites for hydroxylation is 2. The summed E-state index contributed by atoms with van der Waals surface area (Å²) in [6.07, 6.45) is -3.66. The first-order valence-electron chi connectivity index (χ1n) is 11.8. The van der Waals surface area contributed by atoms with Gasteiger partial charge >= 0.3 is 6.18 Å². The van der Waals surface area contributed by atoms with Crippen molar-refractivity contribution in [1.82, 2.24) is 10.6 Å². The normalized spacial score (nSPS) is 13.0. The lowest BCUT2D eigenvalue weighted by molar-refractivity contribution is -0.137. The largest absolute Gasteiger partial charge is 0.416 e. The van der Waals surface area contributed by atoms with Gasteiger partial charge in [0.15, 0.2) is 6.67 Å². The van der Waals surface area contributed by atoms with Crippen molar-refractivity contribution in [3.05, 3.63) is 75.0 Å². The second-order valence-electron chi connectivity index (χ2n) is 8.83. The highest BCUT2D eigenvalue weighted by atomic mass is 32.2. The molecule has 1 aromatic heterocycles. The zero-order valence-electron chi connectivity index (χ0n) is 21.0. The number of rotatable bonds is 11. The minimum atomic E-state index is -4.43. The summed E-state index contributed by atoms with van der Waals surface area (Å²) >= 11 is 2.40. The number of benzene rings is 2. The van der Waals surface area contributed by atoms with Gasteiger partial charge in [0, 0.05) is 16.3 Å². The number of nitrogens with one attached hydrogen (secondary N) is 2. The topological polar surface area (TPSA) is 41.1 Å². The molecule has 0 bridgehead atoms. The Bertz CT molecular complexity index is 1220. The molecule has 2 aromatic carbocycles. The Morgan fingerprint density at radius 1 is 1.00 bits per heavy atom. The molecule has 1 unspecified atom stereocenters. The highest BCUT2D eigenvalue weighted by Gasteiger charge is 2.31. The summed E-state index contributed by atoms with van der Waals surface area (Å²) < 4.78 is 79.1. The van der Waals surface area contributed by atoms with E-state index in [0.29, 0.717) is 21.9 Å². The number of thiophene rings is 1. The van der Waals surface area contributed by atoms with Gasteiger partial charge in [0.2, 0.25) is 0 Å². The van der Waals surface area contributed by atoms with E-state index >= 15 is 0 Å². The Labute approximate surface area is 226 Å². The summed E-state index contributed by atoms with van der Waals surface area (Å²) in [4.78, 5) is 14.1. The Kier molecular flexibility index (Phi) is 9.94. The van der Waals surface area contributed by atoms with Gasteiger partial charge in [-0.25, -0.2) is 13.2 Å². The molecule has 0 saturated heterocycles. The van der Waals surface area contributed by atoms with E-state index in [1.807, 2.05) is 32.9 Å². The monoisotopic (exact) mass is 574 g/mol. The van der Waals surface area contributed by atoms with Crippen molar-refractivity contribution in [2.75, 3.05) is 19.8 Å². The van der Waals surface area contributed by atoms with Gasteiger partial charge in [-0.3, -0.25) is 10.1 Å². The van der Waals surface area contributed by atoms with Crippen LogP contribution >= 0.6 is 23.1 Å². The summed E-state index contributed by atoms with van der Waals surface area (Å²) in [5.41, 5.74) is 2.27. The predicted molar refractivity (Wildman–Crippen MR) is 141 cm³/mol. The van der Waals surface area contributed by atoms with Gasteiger partial charge in [0.1, 0.15) is 0 Å². The molecule has 3 aromatic rings. The number of amides is 1. The number of carbonyl (C=O) groups is 1. The fraction of sp³-hybridized carbons (Fsp3) is 0.370. The SMILES string of the molecule is CCCNC(=O)c1ccc(C(NCC(F)(F)CF)Sc2cc(C)c(-c3ccc(C(F)(F)F)cc3)c(C)c2)s1. The molecule has 1 amide bonds. The van der Waals surface area contributed by atoms with Gasteiger partial charge in [0.25, 0.3) is 11.8 Å². The van der Waals surface area contributed by atoms with Gasteiger partial charge in [-0.1, -0.05) is 19.1 Å².